The number of benzene rings is 2. The van der Waals surface area contributed by atoms with Crippen LogP contribution in [-0.2, 0) is 17.9 Å². The van der Waals surface area contributed by atoms with Gasteiger partial charge in [-0.3, -0.25) is 9.69 Å². The molecule has 2 aromatic carbocycles. The third-order valence-electron chi connectivity index (χ3n) is 4.48. The zero-order valence-corrected chi connectivity index (χ0v) is 13.7. The van der Waals surface area contributed by atoms with Crippen molar-refractivity contribution in [2.45, 2.75) is 26.4 Å². The Morgan fingerprint density at radius 1 is 1.09 bits per heavy atom. The molecule has 1 heterocycles. The molecule has 1 N–H and O–H groups in total. The van der Waals surface area contributed by atoms with E-state index >= 15 is 0 Å². The van der Waals surface area contributed by atoms with Crippen LogP contribution in [0.15, 0.2) is 54.6 Å². The van der Waals surface area contributed by atoms with Crippen molar-refractivity contribution >= 4 is 5.91 Å². The number of amides is 1. The summed E-state index contributed by atoms with van der Waals surface area (Å²) in [5, 5.41) is 3.08. The molecule has 1 fully saturated rings. The third kappa shape index (κ3) is 4.42. The number of hydrogen-bond acceptors (Lipinski definition) is 2. The Morgan fingerprint density at radius 3 is 2.57 bits per heavy atom. The molecule has 1 atom stereocenters. The number of likely N-dealkylation sites (tertiary alicyclic amines) is 1. The van der Waals surface area contributed by atoms with E-state index in [1.165, 1.54) is 11.1 Å². The van der Waals surface area contributed by atoms with Crippen LogP contribution >= 0.6 is 0 Å². The van der Waals surface area contributed by atoms with Gasteiger partial charge in [0.25, 0.3) is 0 Å². The van der Waals surface area contributed by atoms with Crippen LogP contribution in [0.2, 0.25) is 0 Å². The van der Waals surface area contributed by atoms with Crippen molar-refractivity contribution in [3.8, 4) is 0 Å². The lowest BCUT2D eigenvalue weighted by Crippen LogP contribution is -2.32. The number of hydrogen-bond donors (Lipinski definition) is 1. The highest BCUT2D eigenvalue weighted by Gasteiger charge is 2.27. The summed E-state index contributed by atoms with van der Waals surface area (Å²) in [5.74, 6) is 0.297. The van der Waals surface area contributed by atoms with Crippen molar-refractivity contribution < 1.29 is 4.79 Å². The molecule has 0 bridgehead atoms. The zero-order chi connectivity index (χ0) is 16.1. The monoisotopic (exact) mass is 308 g/mol. The number of aryl methyl sites for hydroxylation is 1. The van der Waals surface area contributed by atoms with Gasteiger partial charge < -0.3 is 5.32 Å². The van der Waals surface area contributed by atoms with E-state index in [4.69, 9.17) is 0 Å². The molecule has 1 aliphatic rings. The highest BCUT2D eigenvalue weighted by Crippen LogP contribution is 2.19. The Labute approximate surface area is 138 Å². The smallest absolute Gasteiger partial charge is 0.224 e. The Kier molecular flexibility index (Phi) is 5.09. The summed E-state index contributed by atoms with van der Waals surface area (Å²) in [6.07, 6.45) is 0.951. The lowest BCUT2D eigenvalue weighted by molar-refractivity contribution is -0.124. The molecule has 0 aromatic heterocycles. The molecule has 3 heteroatoms. The number of carbonyl (C=O) groups excluding carboxylic acids is 1. The maximum atomic E-state index is 12.3. The second kappa shape index (κ2) is 7.42. The number of nitrogens with one attached hydrogen (secondary N) is 1. The molecule has 0 saturated carbocycles. The molecular weight excluding hydrogens is 284 g/mol. The van der Waals surface area contributed by atoms with Crippen LogP contribution < -0.4 is 5.32 Å². The average molecular weight is 308 g/mol. The van der Waals surface area contributed by atoms with Gasteiger partial charge in [-0.1, -0.05) is 60.2 Å². The predicted molar refractivity (Wildman–Crippen MR) is 92.9 cm³/mol. The fourth-order valence-corrected chi connectivity index (χ4v) is 3.07. The normalized spacial score (nSPS) is 18.0. The van der Waals surface area contributed by atoms with E-state index in [1.54, 1.807) is 0 Å². The molecule has 1 saturated heterocycles. The van der Waals surface area contributed by atoms with Gasteiger partial charge in [-0.15, -0.1) is 0 Å². The van der Waals surface area contributed by atoms with E-state index in [0.717, 1.165) is 31.6 Å². The molecule has 0 spiro atoms. The van der Waals surface area contributed by atoms with E-state index in [-0.39, 0.29) is 11.8 Å². The van der Waals surface area contributed by atoms with Crippen molar-refractivity contribution in [2.75, 3.05) is 13.1 Å². The van der Waals surface area contributed by atoms with Gasteiger partial charge in [-0.2, -0.15) is 0 Å². The molecule has 3 nitrogen and oxygen atoms in total. The molecule has 23 heavy (non-hydrogen) atoms. The first-order valence-corrected chi connectivity index (χ1v) is 8.30. The van der Waals surface area contributed by atoms with Crippen molar-refractivity contribution in [1.29, 1.82) is 0 Å². The number of nitrogens with zero attached hydrogens (tertiary/aromatic N) is 1. The Morgan fingerprint density at radius 2 is 1.83 bits per heavy atom. The molecule has 2 aromatic rings. The van der Waals surface area contributed by atoms with Crippen LogP contribution in [0.4, 0.5) is 0 Å². The second-order valence-electron chi connectivity index (χ2n) is 6.41. The van der Waals surface area contributed by atoms with Crippen LogP contribution in [0.3, 0.4) is 0 Å². The SMILES string of the molecule is Cc1ccc(CNC(=O)C2CCN(Cc3ccccc3)C2)cc1. The summed E-state index contributed by atoms with van der Waals surface area (Å²) in [5.41, 5.74) is 3.71. The highest BCUT2D eigenvalue weighted by molar-refractivity contribution is 5.79. The van der Waals surface area contributed by atoms with Gasteiger partial charge in [-0.05, 0) is 31.0 Å². The maximum Gasteiger partial charge on any atom is 0.224 e. The van der Waals surface area contributed by atoms with Gasteiger partial charge in [0.05, 0.1) is 5.92 Å². The Hall–Kier alpha value is -2.13. The Bertz CT molecular complexity index is 636. The van der Waals surface area contributed by atoms with Crippen LogP contribution in [0.5, 0.6) is 0 Å². The van der Waals surface area contributed by atoms with E-state index < -0.39 is 0 Å². The van der Waals surface area contributed by atoms with Crippen molar-refractivity contribution in [2.24, 2.45) is 5.92 Å². The summed E-state index contributed by atoms with van der Waals surface area (Å²) >= 11 is 0. The molecule has 1 aliphatic heterocycles. The molecule has 3 rings (SSSR count). The van der Waals surface area contributed by atoms with Crippen molar-refractivity contribution in [1.82, 2.24) is 10.2 Å². The minimum absolute atomic E-state index is 0.115. The summed E-state index contributed by atoms with van der Waals surface area (Å²) in [7, 11) is 0. The summed E-state index contributed by atoms with van der Waals surface area (Å²) < 4.78 is 0. The standard InChI is InChI=1S/C20H24N2O/c1-16-7-9-17(10-8-16)13-21-20(23)19-11-12-22(15-19)14-18-5-3-2-4-6-18/h2-10,19H,11-15H2,1H3,(H,21,23). The molecule has 120 valence electrons. The van der Waals surface area contributed by atoms with E-state index in [0.29, 0.717) is 6.54 Å². The summed E-state index contributed by atoms with van der Waals surface area (Å²) in [6, 6.07) is 18.8. The molecule has 0 radical (unpaired) electrons. The van der Waals surface area contributed by atoms with Crippen molar-refractivity contribution in [3.05, 3.63) is 71.3 Å². The first-order chi connectivity index (χ1) is 11.2. The van der Waals surface area contributed by atoms with Crippen LogP contribution in [0, 0.1) is 12.8 Å². The number of rotatable bonds is 5. The minimum Gasteiger partial charge on any atom is -0.352 e. The molecule has 0 aliphatic carbocycles. The largest absolute Gasteiger partial charge is 0.352 e. The average Bonchev–Trinajstić information content (AvgIpc) is 3.03. The van der Waals surface area contributed by atoms with Gasteiger partial charge in [0, 0.05) is 19.6 Å². The van der Waals surface area contributed by atoms with Crippen LogP contribution in [0.25, 0.3) is 0 Å². The second-order valence-corrected chi connectivity index (χ2v) is 6.41. The van der Waals surface area contributed by atoms with Crippen molar-refractivity contribution in [3.63, 3.8) is 0 Å². The fourth-order valence-electron chi connectivity index (χ4n) is 3.07. The number of carbonyl (C=O) groups is 1. The highest BCUT2D eigenvalue weighted by atomic mass is 16.1. The predicted octanol–water partition coefficient (Wildman–Crippen LogP) is 3.13. The third-order valence-corrected chi connectivity index (χ3v) is 4.48. The van der Waals surface area contributed by atoms with Crippen LogP contribution in [-0.4, -0.2) is 23.9 Å². The topological polar surface area (TPSA) is 32.3 Å². The first-order valence-electron chi connectivity index (χ1n) is 8.30. The first kappa shape index (κ1) is 15.8. The fraction of sp³-hybridized carbons (Fsp3) is 0.350. The van der Waals surface area contributed by atoms with E-state index in [1.807, 2.05) is 6.07 Å². The zero-order valence-electron chi connectivity index (χ0n) is 13.7. The summed E-state index contributed by atoms with van der Waals surface area (Å²) in [4.78, 5) is 14.7. The lowest BCUT2D eigenvalue weighted by atomic mass is 10.1. The lowest BCUT2D eigenvalue weighted by Gasteiger charge is -2.16. The maximum absolute atomic E-state index is 12.3. The van der Waals surface area contributed by atoms with E-state index in [2.05, 4.69) is 65.7 Å². The van der Waals surface area contributed by atoms with Gasteiger partial charge in [0.15, 0.2) is 0 Å². The summed E-state index contributed by atoms with van der Waals surface area (Å²) in [6.45, 7) is 5.48. The quantitative estimate of drug-likeness (QED) is 0.920. The van der Waals surface area contributed by atoms with E-state index in [9.17, 15) is 4.79 Å². The Balaban J connectivity index is 1.46. The van der Waals surface area contributed by atoms with Crippen LogP contribution in [0.1, 0.15) is 23.1 Å². The minimum atomic E-state index is 0.115. The van der Waals surface area contributed by atoms with Gasteiger partial charge in [0.2, 0.25) is 5.91 Å². The molecule has 1 amide bonds. The van der Waals surface area contributed by atoms with Gasteiger partial charge in [0.1, 0.15) is 0 Å². The molecular formula is C20H24N2O. The van der Waals surface area contributed by atoms with Gasteiger partial charge >= 0.3 is 0 Å². The molecule has 1 unspecified atom stereocenters. The van der Waals surface area contributed by atoms with Gasteiger partial charge in [-0.25, -0.2) is 0 Å².